The van der Waals surface area contributed by atoms with Crippen molar-refractivity contribution in [3.8, 4) is 5.75 Å². The molecule has 1 aliphatic heterocycles. The largest absolute Gasteiger partial charge is 0.497 e. The molecule has 3 heteroatoms. The monoisotopic (exact) mass is 317 g/mol. The van der Waals surface area contributed by atoms with Crippen molar-refractivity contribution in [2.45, 2.75) is 63.5 Å². The van der Waals surface area contributed by atoms with Gasteiger partial charge in [0.25, 0.3) is 0 Å². The third kappa shape index (κ3) is 2.78. The van der Waals surface area contributed by atoms with Gasteiger partial charge in [-0.15, -0.1) is 0 Å². The minimum atomic E-state index is -0.493. The highest BCUT2D eigenvalue weighted by Gasteiger charge is 2.58. The molecule has 1 saturated heterocycles. The molecule has 2 unspecified atom stereocenters. The molecule has 2 atom stereocenters. The number of benzene rings is 1. The third-order valence-corrected chi connectivity index (χ3v) is 6.64. The van der Waals surface area contributed by atoms with E-state index in [4.69, 9.17) is 4.74 Å². The van der Waals surface area contributed by atoms with Crippen molar-refractivity contribution in [2.24, 2.45) is 5.41 Å². The van der Waals surface area contributed by atoms with E-state index in [-0.39, 0.29) is 5.41 Å². The van der Waals surface area contributed by atoms with Gasteiger partial charge in [0.15, 0.2) is 0 Å². The Labute approximate surface area is 140 Å². The van der Waals surface area contributed by atoms with E-state index in [1.54, 1.807) is 7.11 Å². The van der Waals surface area contributed by atoms with Crippen molar-refractivity contribution in [3.63, 3.8) is 0 Å². The zero-order valence-corrected chi connectivity index (χ0v) is 14.8. The highest BCUT2D eigenvalue weighted by Crippen LogP contribution is 2.56. The van der Waals surface area contributed by atoms with Gasteiger partial charge in [0, 0.05) is 18.0 Å². The molecular weight excluding hydrogens is 286 g/mol. The SMILES string of the molecule is CCC1(O)CCN(C)C(Cc2ccc(OC)cc2)C12CCCC2. The lowest BCUT2D eigenvalue weighted by atomic mass is 9.59. The van der Waals surface area contributed by atoms with E-state index in [2.05, 4.69) is 31.0 Å². The quantitative estimate of drug-likeness (QED) is 0.920. The van der Waals surface area contributed by atoms with E-state index in [0.717, 1.165) is 31.6 Å². The maximum absolute atomic E-state index is 11.4. The Hall–Kier alpha value is -1.06. The fourth-order valence-corrected chi connectivity index (χ4v) is 5.17. The average Bonchev–Trinajstić information content (AvgIpc) is 3.07. The van der Waals surface area contributed by atoms with Crippen LogP contribution in [0, 0.1) is 5.41 Å². The normalized spacial score (nSPS) is 30.7. The summed E-state index contributed by atoms with van der Waals surface area (Å²) < 4.78 is 5.27. The molecule has 23 heavy (non-hydrogen) atoms. The number of likely N-dealkylation sites (N-methyl/N-ethyl adjacent to an activating group) is 1. The van der Waals surface area contributed by atoms with Crippen LogP contribution in [0.5, 0.6) is 5.75 Å². The number of aliphatic hydroxyl groups is 1. The van der Waals surface area contributed by atoms with Crippen molar-refractivity contribution in [3.05, 3.63) is 29.8 Å². The number of hydrogen-bond acceptors (Lipinski definition) is 3. The Balaban J connectivity index is 1.89. The number of methoxy groups -OCH3 is 1. The van der Waals surface area contributed by atoms with Crippen LogP contribution in [0.1, 0.15) is 51.0 Å². The van der Waals surface area contributed by atoms with Crippen molar-refractivity contribution in [1.29, 1.82) is 0 Å². The van der Waals surface area contributed by atoms with Gasteiger partial charge >= 0.3 is 0 Å². The Morgan fingerprint density at radius 1 is 1.17 bits per heavy atom. The zero-order valence-electron chi connectivity index (χ0n) is 14.8. The summed E-state index contributed by atoms with van der Waals surface area (Å²) >= 11 is 0. The van der Waals surface area contributed by atoms with Gasteiger partial charge in [-0.05, 0) is 56.8 Å². The lowest BCUT2D eigenvalue weighted by molar-refractivity contribution is -0.160. The first-order valence-corrected chi connectivity index (χ1v) is 9.10. The summed E-state index contributed by atoms with van der Waals surface area (Å²) in [4.78, 5) is 2.50. The van der Waals surface area contributed by atoms with E-state index in [1.165, 1.54) is 31.2 Å². The fraction of sp³-hybridized carbons (Fsp3) is 0.700. The fourth-order valence-electron chi connectivity index (χ4n) is 5.17. The summed E-state index contributed by atoms with van der Waals surface area (Å²) in [6.07, 6.45) is 7.66. The van der Waals surface area contributed by atoms with Crippen molar-refractivity contribution in [2.75, 3.05) is 20.7 Å². The van der Waals surface area contributed by atoms with Crippen LogP contribution in [0.2, 0.25) is 0 Å². The Bertz CT molecular complexity index is 521. The third-order valence-electron chi connectivity index (χ3n) is 6.64. The maximum atomic E-state index is 11.4. The minimum absolute atomic E-state index is 0.0642. The number of ether oxygens (including phenoxy) is 1. The predicted octanol–water partition coefficient (Wildman–Crippen LogP) is 3.64. The van der Waals surface area contributed by atoms with E-state index in [9.17, 15) is 5.11 Å². The van der Waals surface area contributed by atoms with Gasteiger partial charge in [0.1, 0.15) is 5.75 Å². The lowest BCUT2D eigenvalue weighted by Gasteiger charge is -2.57. The summed E-state index contributed by atoms with van der Waals surface area (Å²) in [7, 11) is 3.95. The molecule has 2 aliphatic rings. The maximum Gasteiger partial charge on any atom is 0.118 e. The van der Waals surface area contributed by atoms with Crippen LogP contribution in [-0.2, 0) is 6.42 Å². The molecule has 1 aromatic rings. The molecule has 0 aromatic heterocycles. The van der Waals surface area contributed by atoms with Gasteiger partial charge in [-0.2, -0.15) is 0 Å². The highest BCUT2D eigenvalue weighted by molar-refractivity contribution is 5.28. The summed E-state index contributed by atoms with van der Waals surface area (Å²) in [5, 5.41) is 11.4. The number of hydrogen-bond donors (Lipinski definition) is 1. The molecule has 1 spiro atoms. The van der Waals surface area contributed by atoms with Gasteiger partial charge in [0.05, 0.1) is 12.7 Å². The van der Waals surface area contributed by atoms with Crippen LogP contribution in [0.3, 0.4) is 0 Å². The van der Waals surface area contributed by atoms with Gasteiger partial charge in [-0.25, -0.2) is 0 Å². The van der Waals surface area contributed by atoms with Crippen molar-refractivity contribution in [1.82, 2.24) is 4.90 Å². The number of piperidine rings is 1. The topological polar surface area (TPSA) is 32.7 Å². The zero-order chi connectivity index (χ0) is 16.5. The Morgan fingerprint density at radius 2 is 1.83 bits per heavy atom. The molecule has 1 N–H and O–H groups in total. The van der Waals surface area contributed by atoms with E-state index < -0.39 is 5.60 Å². The number of nitrogens with zero attached hydrogens (tertiary/aromatic N) is 1. The van der Waals surface area contributed by atoms with Gasteiger partial charge in [-0.1, -0.05) is 31.9 Å². The summed E-state index contributed by atoms with van der Waals surface area (Å²) in [6, 6.07) is 8.87. The smallest absolute Gasteiger partial charge is 0.118 e. The van der Waals surface area contributed by atoms with E-state index >= 15 is 0 Å². The molecule has 0 radical (unpaired) electrons. The van der Waals surface area contributed by atoms with Crippen molar-refractivity contribution < 1.29 is 9.84 Å². The molecule has 0 amide bonds. The molecule has 3 nitrogen and oxygen atoms in total. The van der Waals surface area contributed by atoms with Crippen molar-refractivity contribution >= 4 is 0 Å². The molecule has 1 heterocycles. The highest BCUT2D eigenvalue weighted by atomic mass is 16.5. The number of rotatable bonds is 4. The van der Waals surface area contributed by atoms with Crippen LogP contribution in [0.4, 0.5) is 0 Å². The van der Waals surface area contributed by atoms with Crippen LogP contribution < -0.4 is 4.74 Å². The van der Waals surface area contributed by atoms with E-state index in [0.29, 0.717) is 6.04 Å². The van der Waals surface area contributed by atoms with Crippen LogP contribution in [0.25, 0.3) is 0 Å². The number of likely N-dealkylation sites (tertiary alicyclic amines) is 1. The summed E-state index contributed by atoms with van der Waals surface area (Å²) in [5.41, 5.74) is 0.913. The first kappa shape index (κ1) is 16.8. The molecule has 3 rings (SSSR count). The average molecular weight is 317 g/mol. The minimum Gasteiger partial charge on any atom is -0.497 e. The second-order valence-corrected chi connectivity index (χ2v) is 7.55. The van der Waals surface area contributed by atoms with Gasteiger partial charge < -0.3 is 14.7 Å². The van der Waals surface area contributed by atoms with E-state index in [1.807, 2.05) is 12.1 Å². The molecule has 128 valence electrons. The standard InChI is InChI=1S/C20H31NO2/c1-4-20(22)13-14-21(2)18(19(20)11-5-6-12-19)15-16-7-9-17(23-3)10-8-16/h7-10,18,22H,4-6,11-15H2,1-3H3. The predicted molar refractivity (Wildman–Crippen MR) is 93.9 cm³/mol. The first-order valence-electron chi connectivity index (χ1n) is 9.10. The summed E-state index contributed by atoms with van der Waals surface area (Å²) in [6.45, 7) is 3.16. The first-order chi connectivity index (χ1) is 11.0. The molecular formula is C20H31NO2. The van der Waals surface area contributed by atoms with Crippen LogP contribution in [0.15, 0.2) is 24.3 Å². The molecule has 1 aliphatic carbocycles. The van der Waals surface area contributed by atoms with Gasteiger partial charge in [0.2, 0.25) is 0 Å². The lowest BCUT2D eigenvalue weighted by Crippen LogP contribution is -2.64. The van der Waals surface area contributed by atoms with Gasteiger partial charge in [-0.3, -0.25) is 0 Å². The Morgan fingerprint density at radius 3 is 2.39 bits per heavy atom. The summed E-state index contributed by atoms with van der Waals surface area (Å²) in [5.74, 6) is 0.909. The molecule has 2 fully saturated rings. The Kier molecular flexibility index (Phi) is 4.70. The molecule has 1 saturated carbocycles. The second kappa shape index (κ2) is 6.45. The molecule has 0 bridgehead atoms. The molecule has 1 aromatic carbocycles. The second-order valence-electron chi connectivity index (χ2n) is 7.55. The van der Waals surface area contributed by atoms with Crippen LogP contribution in [-0.4, -0.2) is 42.4 Å². The van der Waals surface area contributed by atoms with Crippen LogP contribution >= 0.6 is 0 Å².